The zero-order chi connectivity index (χ0) is 32.4. The monoisotopic (exact) mass is 642 g/mol. The van der Waals surface area contributed by atoms with E-state index in [-0.39, 0.29) is 36.5 Å². The molecule has 2 amide bonds. The number of nitrogens with one attached hydrogen (secondary N) is 1. The molecule has 0 saturated carbocycles. The van der Waals surface area contributed by atoms with Crippen molar-refractivity contribution in [1.29, 1.82) is 0 Å². The van der Waals surface area contributed by atoms with Gasteiger partial charge in [0.15, 0.2) is 5.13 Å². The molecule has 2 heterocycles. The van der Waals surface area contributed by atoms with Gasteiger partial charge in [0.25, 0.3) is 0 Å². The maximum atomic E-state index is 13.5. The molecular weight excluding hydrogens is 612 g/mol. The molecule has 236 valence electrons. The number of rotatable bonds is 8. The summed E-state index contributed by atoms with van der Waals surface area (Å²) in [6, 6.07) is 27.2. The minimum Gasteiger partial charge on any atom is -0.475 e. The molecule has 3 aromatic carbocycles. The molecule has 0 bridgehead atoms. The van der Waals surface area contributed by atoms with Crippen LogP contribution < -0.4 is 5.32 Å². The summed E-state index contributed by atoms with van der Waals surface area (Å²) >= 11 is 1.27. The second-order valence-corrected chi connectivity index (χ2v) is 10.9. The van der Waals surface area contributed by atoms with E-state index in [9.17, 15) is 27.2 Å². The fourth-order valence-corrected chi connectivity index (χ4v) is 5.52. The molecule has 0 unspecified atom stereocenters. The molecule has 4 aromatic rings. The Morgan fingerprint density at radius 2 is 1.44 bits per heavy atom. The molecule has 1 aliphatic rings. The smallest absolute Gasteiger partial charge is 0.475 e. The van der Waals surface area contributed by atoms with Crippen LogP contribution >= 0.6 is 11.3 Å². The van der Waals surface area contributed by atoms with Crippen molar-refractivity contribution in [2.45, 2.75) is 25.1 Å². The second kappa shape index (κ2) is 15.4. The van der Waals surface area contributed by atoms with E-state index in [0.717, 1.165) is 13.1 Å². The number of thiazole rings is 1. The Hall–Kier alpha value is -4.62. The first-order valence-electron chi connectivity index (χ1n) is 13.9. The van der Waals surface area contributed by atoms with Crippen LogP contribution in [0.3, 0.4) is 0 Å². The normalized spacial score (nSPS) is 13.6. The van der Waals surface area contributed by atoms with Crippen LogP contribution in [-0.2, 0) is 14.4 Å². The van der Waals surface area contributed by atoms with Crippen LogP contribution in [0.25, 0.3) is 11.3 Å². The average Bonchev–Trinajstić information content (AvgIpc) is 3.50. The number of benzene rings is 3. The van der Waals surface area contributed by atoms with E-state index in [4.69, 9.17) is 9.90 Å². The number of carbonyl (C=O) groups is 3. The molecule has 0 radical (unpaired) electrons. The molecule has 1 saturated heterocycles. The molecule has 8 nitrogen and oxygen atoms in total. The highest BCUT2D eigenvalue weighted by molar-refractivity contribution is 7.14. The maximum Gasteiger partial charge on any atom is 0.490 e. The Labute approximate surface area is 260 Å². The number of nitrogens with zero attached hydrogens (tertiary/aromatic N) is 3. The van der Waals surface area contributed by atoms with Crippen LogP contribution in [0.2, 0.25) is 0 Å². The summed E-state index contributed by atoms with van der Waals surface area (Å²) in [4.78, 5) is 42.9. The molecule has 5 rings (SSSR count). The topological polar surface area (TPSA) is 103 Å². The van der Waals surface area contributed by atoms with E-state index in [1.807, 2.05) is 17.0 Å². The van der Waals surface area contributed by atoms with E-state index in [1.165, 1.54) is 34.6 Å². The average molecular weight is 643 g/mol. The van der Waals surface area contributed by atoms with E-state index in [0.29, 0.717) is 29.5 Å². The van der Waals surface area contributed by atoms with Gasteiger partial charge in [-0.3, -0.25) is 14.5 Å². The Kier molecular flexibility index (Phi) is 11.4. The summed E-state index contributed by atoms with van der Waals surface area (Å²) in [5.41, 5.74) is 3.72. The number of halogens is 4. The number of aromatic nitrogens is 1. The minimum atomic E-state index is -5.08. The van der Waals surface area contributed by atoms with Gasteiger partial charge in [-0.05, 0) is 23.3 Å². The Balaban J connectivity index is 0.000000591. The third-order valence-electron chi connectivity index (χ3n) is 6.94. The highest BCUT2D eigenvalue weighted by Crippen LogP contribution is 2.30. The van der Waals surface area contributed by atoms with Crippen molar-refractivity contribution < 1.29 is 37.1 Å². The number of carboxylic acid groups (broad SMARTS) is 1. The first-order chi connectivity index (χ1) is 21.5. The summed E-state index contributed by atoms with van der Waals surface area (Å²) in [6.07, 6.45) is -4.85. The number of hydrogen-bond donors (Lipinski definition) is 2. The number of hydrogen-bond acceptors (Lipinski definition) is 6. The molecule has 1 aliphatic heterocycles. The molecule has 0 spiro atoms. The van der Waals surface area contributed by atoms with Gasteiger partial charge in [0.05, 0.1) is 11.7 Å². The van der Waals surface area contributed by atoms with Gasteiger partial charge < -0.3 is 15.3 Å². The molecule has 1 fully saturated rings. The van der Waals surface area contributed by atoms with Crippen LogP contribution in [0.4, 0.5) is 22.7 Å². The summed E-state index contributed by atoms with van der Waals surface area (Å²) < 4.78 is 45.2. The fourth-order valence-electron chi connectivity index (χ4n) is 4.79. The number of anilines is 1. The van der Waals surface area contributed by atoms with Gasteiger partial charge >= 0.3 is 12.1 Å². The van der Waals surface area contributed by atoms with Gasteiger partial charge in [0.1, 0.15) is 5.82 Å². The number of aliphatic carboxylic acids is 1. The largest absolute Gasteiger partial charge is 0.490 e. The van der Waals surface area contributed by atoms with Crippen molar-refractivity contribution in [3.63, 3.8) is 0 Å². The van der Waals surface area contributed by atoms with Gasteiger partial charge in [-0.1, -0.05) is 72.8 Å². The molecule has 0 aliphatic carbocycles. The maximum absolute atomic E-state index is 13.5. The Bertz CT molecular complexity index is 1540. The zero-order valence-electron chi connectivity index (χ0n) is 23.9. The first-order valence-corrected chi connectivity index (χ1v) is 14.8. The van der Waals surface area contributed by atoms with Crippen molar-refractivity contribution in [1.82, 2.24) is 14.8 Å². The Morgan fingerprint density at radius 1 is 0.867 bits per heavy atom. The third kappa shape index (κ3) is 9.68. The van der Waals surface area contributed by atoms with Crippen LogP contribution in [0.15, 0.2) is 90.3 Å². The molecular formula is C32H30F4N4O4S. The van der Waals surface area contributed by atoms with Gasteiger partial charge in [-0.2, -0.15) is 13.2 Å². The lowest BCUT2D eigenvalue weighted by Crippen LogP contribution is -2.49. The van der Waals surface area contributed by atoms with Crippen molar-refractivity contribution in [3.05, 3.63) is 107 Å². The highest BCUT2D eigenvalue weighted by atomic mass is 32.1. The third-order valence-corrected chi connectivity index (χ3v) is 7.70. The van der Waals surface area contributed by atoms with Crippen LogP contribution in [0.1, 0.15) is 30.0 Å². The number of alkyl halides is 3. The quantitative estimate of drug-likeness (QED) is 0.221. The van der Waals surface area contributed by atoms with E-state index < -0.39 is 12.1 Å². The summed E-state index contributed by atoms with van der Waals surface area (Å²) in [6.45, 7) is 2.77. The van der Waals surface area contributed by atoms with E-state index in [1.54, 1.807) is 17.5 Å². The van der Waals surface area contributed by atoms with Gasteiger partial charge in [0, 0.05) is 50.0 Å². The van der Waals surface area contributed by atoms with Crippen LogP contribution in [-0.4, -0.2) is 70.0 Å². The number of carboxylic acids is 1. The van der Waals surface area contributed by atoms with E-state index in [2.05, 4.69) is 63.7 Å². The second-order valence-electron chi connectivity index (χ2n) is 10.0. The minimum absolute atomic E-state index is 0.0182. The SMILES string of the molecule is O=C(CCC(=O)N1CCN(C(c2ccccc2)c2ccccc2)CC1)Nc1nc(-c2cccc(F)c2)cs1.O=C(O)C(F)(F)F. The standard InChI is InChI=1S/C30H29FN4O2S.C2HF3O2/c31-25-13-7-12-24(20-25)26-21-38-30(32-26)33-27(36)14-15-28(37)34-16-18-35(19-17-34)29(22-8-3-1-4-9-22)23-10-5-2-6-11-23;3-2(4,5)1(6)7/h1-13,20-21,29H,14-19H2,(H,32,33,36);(H,6,7). The number of carbonyl (C=O) groups excluding carboxylic acids is 2. The molecule has 2 N–H and O–H groups in total. The predicted molar refractivity (Wildman–Crippen MR) is 162 cm³/mol. The molecule has 13 heteroatoms. The summed E-state index contributed by atoms with van der Waals surface area (Å²) in [5, 5.41) is 12.1. The van der Waals surface area contributed by atoms with Crippen LogP contribution in [0, 0.1) is 5.82 Å². The number of piperazine rings is 1. The van der Waals surface area contributed by atoms with Gasteiger partial charge in [0.2, 0.25) is 11.8 Å². The van der Waals surface area contributed by atoms with Crippen molar-refractivity contribution in [2.24, 2.45) is 0 Å². The van der Waals surface area contributed by atoms with Crippen molar-refractivity contribution in [3.8, 4) is 11.3 Å². The predicted octanol–water partition coefficient (Wildman–Crippen LogP) is 6.24. The molecule has 1 aromatic heterocycles. The first kappa shape index (κ1) is 33.3. The van der Waals surface area contributed by atoms with Gasteiger partial charge in [-0.15, -0.1) is 11.3 Å². The zero-order valence-corrected chi connectivity index (χ0v) is 24.7. The highest BCUT2D eigenvalue weighted by Gasteiger charge is 2.38. The fraction of sp³-hybridized carbons (Fsp3) is 0.250. The lowest BCUT2D eigenvalue weighted by Gasteiger charge is -2.39. The summed E-state index contributed by atoms with van der Waals surface area (Å²) in [5.74, 6) is -3.37. The molecule has 45 heavy (non-hydrogen) atoms. The van der Waals surface area contributed by atoms with Crippen molar-refractivity contribution >= 4 is 34.3 Å². The molecule has 0 atom stereocenters. The van der Waals surface area contributed by atoms with Gasteiger partial charge in [-0.25, -0.2) is 14.2 Å². The lowest BCUT2D eigenvalue weighted by atomic mass is 9.96. The Morgan fingerprint density at radius 3 is 1.98 bits per heavy atom. The number of amides is 2. The van der Waals surface area contributed by atoms with Crippen molar-refractivity contribution in [2.75, 3.05) is 31.5 Å². The van der Waals surface area contributed by atoms with Crippen LogP contribution in [0.5, 0.6) is 0 Å². The lowest BCUT2D eigenvalue weighted by molar-refractivity contribution is -0.192. The van der Waals surface area contributed by atoms with E-state index >= 15 is 0 Å². The summed E-state index contributed by atoms with van der Waals surface area (Å²) in [7, 11) is 0.